The molecule has 2 atom stereocenters. The topological polar surface area (TPSA) is 26.3 Å². The molecular weight excluding hydrogens is 152 g/mol. The summed E-state index contributed by atoms with van der Waals surface area (Å²) in [4.78, 5) is 11.0. The molecule has 12 heavy (non-hydrogen) atoms. The number of esters is 1. The smallest absolute Gasteiger partial charge is 0.309 e. The van der Waals surface area contributed by atoms with Crippen LogP contribution in [0.15, 0.2) is 0 Å². The monoisotopic (exact) mass is 170 g/mol. The lowest BCUT2D eigenvalue weighted by atomic mass is 9.81. The molecule has 0 bridgehead atoms. The Labute approximate surface area is 74.3 Å². The van der Waals surface area contributed by atoms with Gasteiger partial charge in [0.25, 0.3) is 0 Å². The molecule has 1 aliphatic heterocycles. The van der Waals surface area contributed by atoms with Crippen molar-refractivity contribution < 1.29 is 9.53 Å². The zero-order valence-corrected chi connectivity index (χ0v) is 8.01. The number of hydrogen-bond acceptors (Lipinski definition) is 2. The fourth-order valence-corrected chi connectivity index (χ4v) is 2.01. The van der Waals surface area contributed by atoms with E-state index in [0.29, 0.717) is 12.5 Å². The highest BCUT2D eigenvalue weighted by Gasteiger charge is 2.37. The summed E-state index contributed by atoms with van der Waals surface area (Å²) < 4.78 is 4.96. The van der Waals surface area contributed by atoms with Gasteiger partial charge in [-0.25, -0.2) is 0 Å². The van der Waals surface area contributed by atoms with Gasteiger partial charge in [0, 0.05) is 5.92 Å². The Morgan fingerprint density at radius 2 is 1.92 bits per heavy atom. The van der Waals surface area contributed by atoms with E-state index in [1.807, 2.05) is 13.8 Å². The summed E-state index contributed by atoms with van der Waals surface area (Å²) in [6.07, 6.45) is 4.79. The second-order valence-corrected chi connectivity index (χ2v) is 3.28. The number of cyclic esters (lactones) is 1. The summed E-state index contributed by atoms with van der Waals surface area (Å²) in [5.41, 5.74) is 0. The van der Waals surface area contributed by atoms with Crippen LogP contribution in [0.1, 0.15) is 39.5 Å². The van der Waals surface area contributed by atoms with Crippen LogP contribution in [0.2, 0.25) is 0 Å². The Morgan fingerprint density at radius 1 is 1.25 bits per heavy atom. The van der Waals surface area contributed by atoms with Gasteiger partial charge in [0.05, 0.1) is 12.5 Å². The molecule has 2 aliphatic rings. The average Bonchev–Trinajstić information content (AvgIpc) is 2.53. The molecule has 0 aromatic carbocycles. The van der Waals surface area contributed by atoms with Crippen LogP contribution in [-0.2, 0) is 9.53 Å². The molecule has 1 saturated carbocycles. The van der Waals surface area contributed by atoms with Crippen molar-refractivity contribution in [2.75, 3.05) is 6.61 Å². The Kier molecular flexibility index (Phi) is 3.57. The molecule has 2 fully saturated rings. The third-order valence-electron chi connectivity index (χ3n) is 2.65. The van der Waals surface area contributed by atoms with Gasteiger partial charge in [-0.1, -0.05) is 26.7 Å². The third-order valence-corrected chi connectivity index (χ3v) is 2.65. The maximum absolute atomic E-state index is 11.0. The zero-order valence-electron chi connectivity index (χ0n) is 8.01. The highest BCUT2D eigenvalue weighted by atomic mass is 16.5. The molecule has 0 aromatic heterocycles. The number of rotatable bonds is 0. The number of ether oxygens (including phenoxy) is 1. The summed E-state index contributed by atoms with van der Waals surface area (Å²) in [7, 11) is 0. The molecule has 2 rings (SSSR count). The second kappa shape index (κ2) is 4.48. The molecule has 1 heterocycles. The van der Waals surface area contributed by atoms with E-state index in [9.17, 15) is 4.79 Å². The van der Waals surface area contributed by atoms with E-state index in [0.717, 1.165) is 6.42 Å². The molecule has 1 saturated heterocycles. The maximum Gasteiger partial charge on any atom is 0.309 e. The van der Waals surface area contributed by atoms with Crippen LogP contribution in [0.25, 0.3) is 0 Å². The van der Waals surface area contributed by atoms with Crippen LogP contribution >= 0.6 is 0 Å². The van der Waals surface area contributed by atoms with Crippen molar-refractivity contribution in [1.82, 2.24) is 0 Å². The lowest BCUT2D eigenvalue weighted by molar-refractivity contribution is -0.141. The third kappa shape index (κ3) is 1.79. The normalized spacial score (nSPS) is 33.0. The van der Waals surface area contributed by atoms with Crippen molar-refractivity contribution in [2.24, 2.45) is 11.8 Å². The molecule has 70 valence electrons. The zero-order chi connectivity index (χ0) is 8.97. The summed E-state index contributed by atoms with van der Waals surface area (Å²) in [5.74, 6) is 0.903. The van der Waals surface area contributed by atoms with Gasteiger partial charge >= 0.3 is 5.97 Å². The van der Waals surface area contributed by atoms with Crippen LogP contribution in [-0.4, -0.2) is 12.6 Å². The predicted molar refractivity (Wildman–Crippen MR) is 47.8 cm³/mol. The Balaban J connectivity index is 0.000000336. The molecule has 2 nitrogen and oxygen atoms in total. The standard InChI is InChI=1S/C8H12O2.C2H6/c9-8-7-4-2-1-3-6(7)5-10-8;1-2/h6-7H,1-5H2;1-2H3. The Hall–Kier alpha value is -0.530. The Bertz CT molecular complexity index is 154. The molecule has 0 N–H and O–H groups in total. The van der Waals surface area contributed by atoms with Crippen LogP contribution in [0.3, 0.4) is 0 Å². The molecule has 0 radical (unpaired) electrons. The first kappa shape index (κ1) is 9.56. The van der Waals surface area contributed by atoms with Gasteiger partial charge in [-0.15, -0.1) is 0 Å². The van der Waals surface area contributed by atoms with E-state index in [-0.39, 0.29) is 11.9 Å². The van der Waals surface area contributed by atoms with Gasteiger partial charge in [0.2, 0.25) is 0 Å². The quantitative estimate of drug-likeness (QED) is 0.522. The first-order valence-electron chi connectivity index (χ1n) is 5.04. The van der Waals surface area contributed by atoms with Crippen molar-refractivity contribution in [3.63, 3.8) is 0 Å². The Morgan fingerprint density at radius 3 is 2.58 bits per heavy atom. The molecule has 0 aromatic rings. The molecule has 1 aliphatic carbocycles. The number of carbonyl (C=O) groups is 1. The highest BCUT2D eigenvalue weighted by Crippen LogP contribution is 2.35. The van der Waals surface area contributed by atoms with E-state index >= 15 is 0 Å². The second-order valence-electron chi connectivity index (χ2n) is 3.28. The molecule has 0 spiro atoms. The van der Waals surface area contributed by atoms with Gasteiger partial charge in [-0.2, -0.15) is 0 Å². The van der Waals surface area contributed by atoms with Gasteiger partial charge < -0.3 is 4.74 Å². The van der Waals surface area contributed by atoms with E-state index in [1.165, 1.54) is 19.3 Å². The maximum atomic E-state index is 11.0. The van der Waals surface area contributed by atoms with E-state index in [1.54, 1.807) is 0 Å². The van der Waals surface area contributed by atoms with Crippen molar-refractivity contribution in [2.45, 2.75) is 39.5 Å². The summed E-state index contributed by atoms with van der Waals surface area (Å²) >= 11 is 0. The molecule has 0 amide bonds. The van der Waals surface area contributed by atoms with Gasteiger partial charge in [-0.3, -0.25) is 4.79 Å². The van der Waals surface area contributed by atoms with Crippen molar-refractivity contribution in [3.8, 4) is 0 Å². The molecule has 2 heteroatoms. The van der Waals surface area contributed by atoms with Gasteiger partial charge in [0.1, 0.15) is 0 Å². The summed E-state index contributed by atoms with van der Waals surface area (Å²) in [6.45, 7) is 4.70. The van der Waals surface area contributed by atoms with Crippen molar-refractivity contribution in [3.05, 3.63) is 0 Å². The van der Waals surface area contributed by atoms with Crippen molar-refractivity contribution in [1.29, 1.82) is 0 Å². The fraction of sp³-hybridized carbons (Fsp3) is 0.900. The SMILES string of the molecule is CC.O=C1OCC2CCCCC12. The lowest BCUT2D eigenvalue weighted by Gasteiger charge is -2.19. The number of carbonyl (C=O) groups excluding carboxylic acids is 1. The van der Waals surface area contributed by atoms with E-state index in [2.05, 4.69) is 0 Å². The largest absolute Gasteiger partial charge is 0.465 e. The van der Waals surface area contributed by atoms with E-state index < -0.39 is 0 Å². The average molecular weight is 170 g/mol. The van der Waals surface area contributed by atoms with Crippen LogP contribution in [0, 0.1) is 11.8 Å². The minimum atomic E-state index is 0.0599. The van der Waals surface area contributed by atoms with Crippen LogP contribution in [0.5, 0.6) is 0 Å². The first-order chi connectivity index (χ1) is 5.88. The number of fused-ring (bicyclic) bond motifs is 1. The predicted octanol–water partition coefficient (Wildman–Crippen LogP) is 2.38. The molecular formula is C10H18O2. The van der Waals surface area contributed by atoms with E-state index in [4.69, 9.17) is 4.74 Å². The van der Waals surface area contributed by atoms with Crippen LogP contribution < -0.4 is 0 Å². The fourth-order valence-electron chi connectivity index (χ4n) is 2.01. The highest BCUT2D eigenvalue weighted by molar-refractivity contribution is 5.74. The minimum absolute atomic E-state index is 0.0599. The minimum Gasteiger partial charge on any atom is -0.465 e. The summed E-state index contributed by atoms with van der Waals surface area (Å²) in [6, 6.07) is 0. The van der Waals surface area contributed by atoms with Gasteiger partial charge in [-0.05, 0) is 12.8 Å². The molecule has 2 unspecified atom stereocenters. The van der Waals surface area contributed by atoms with Gasteiger partial charge in [0.15, 0.2) is 0 Å². The number of hydrogen-bond donors (Lipinski definition) is 0. The van der Waals surface area contributed by atoms with Crippen LogP contribution in [0.4, 0.5) is 0 Å². The van der Waals surface area contributed by atoms with Crippen molar-refractivity contribution >= 4 is 5.97 Å². The lowest BCUT2D eigenvalue weighted by Crippen LogP contribution is -2.19. The first-order valence-corrected chi connectivity index (χ1v) is 5.04. The summed E-state index contributed by atoms with van der Waals surface area (Å²) in [5, 5.41) is 0.